The minimum Gasteiger partial charge on any atom is -0.493 e. The summed E-state index contributed by atoms with van der Waals surface area (Å²) in [6.07, 6.45) is 4.28. The van der Waals surface area contributed by atoms with E-state index in [1.165, 1.54) is 18.9 Å². The molecule has 0 saturated carbocycles. The second-order valence-corrected chi connectivity index (χ2v) is 7.89. The molecule has 3 rings (SSSR count). The van der Waals surface area contributed by atoms with Gasteiger partial charge in [-0.15, -0.1) is 6.58 Å². The standard InChI is InChI=1S/C24H24BrN3O5/c1-5-7-16-10-15(11-20(31-3)23(16)33-14-22(29)32-4)13-26-28-21(6-2)27-19-9-8-17(25)12-18(19)24(28)30/h5,8-13H,1,6-7,14H2,2-4H3. The maximum Gasteiger partial charge on any atom is 0.343 e. The third kappa shape index (κ3) is 5.48. The van der Waals surface area contributed by atoms with Gasteiger partial charge >= 0.3 is 5.97 Å². The Morgan fingerprint density at radius 1 is 1.27 bits per heavy atom. The first-order chi connectivity index (χ1) is 15.9. The number of carbonyl (C=O) groups excluding carboxylic acids is 1. The summed E-state index contributed by atoms with van der Waals surface area (Å²) < 4.78 is 17.8. The summed E-state index contributed by atoms with van der Waals surface area (Å²) in [5.41, 5.74) is 1.79. The number of aryl methyl sites for hydroxylation is 1. The first kappa shape index (κ1) is 24.2. The highest BCUT2D eigenvalue weighted by Gasteiger charge is 2.15. The van der Waals surface area contributed by atoms with Gasteiger partial charge in [0.2, 0.25) is 0 Å². The van der Waals surface area contributed by atoms with Crippen LogP contribution in [-0.4, -0.2) is 42.7 Å². The fraction of sp³-hybridized carbons (Fsp3) is 0.250. The van der Waals surface area contributed by atoms with E-state index >= 15 is 0 Å². The van der Waals surface area contributed by atoms with Crippen LogP contribution in [0.1, 0.15) is 23.9 Å². The van der Waals surface area contributed by atoms with E-state index in [9.17, 15) is 9.59 Å². The lowest BCUT2D eigenvalue weighted by Crippen LogP contribution is -2.22. The molecule has 0 aliphatic heterocycles. The van der Waals surface area contributed by atoms with Gasteiger partial charge in [-0.2, -0.15) is 9.78 Å². The number of rotatable bonds is 9. The molecule has 0 saturated heterocycles. The Labute approximate surface area is 199 Å². The second-order valence-electron chi connectivity index (χ2n) is 6.97. The Hall–Kier alpha value is -3.46. The Morgan fingerprint density at radius 2 is 2.06 bits per heavy atom. The average Bonchev–Trinajstić information content (AvgIpc) is 2.82. The summed E-state index contributed by atoms with van der Waals surface area (Å²) in [5, 5.41) is 4.89. The van der Waals surface area contributed by atoms with Crippen LogP contribution in [0.2, 0.25) is 0 Å². The molecule has 0 unspecified atom stereocenters. The van der Waals surface area contributed by atoms with Crippen molar-refractivity contribution in [2.24, 2.45) is 5.10 Å². The number of halogens is 1. The third-order valence-electron chi connectivity index (χ3n) is 4.81. The maximum atomic E-state index is 13.1. The molecular weight excluding hydrogens is 490 g/mol. The van der Waals surface area contributed by atoms with Crippen molar-refractivity contribution in [1.82, 2.24) is 9.66 Å². The molecule has 1 heterocycles. The van der Waals surface area contributed by atoms with E-state index in [-0.39, 0.29) is 12.2 Å². The molecule has 9 heteroatoms. The molecule has 172 valence electrons. The molecule has 0 aliphatic carbocycles. The average molecular weight is 514 g/mol. The van der Waals surface area contributed by atoms with Crippen LogP contribution in [0.5, 0.6) is 11.5 Å². The molecule has 0 aliphatic rings. The number of carbonyl (C=O) groups is 1. The van der Waals surface area contributed by atoms with Gasteiger partial charge in [-0.1, -0.05) is 28.9 Å². The largest absolute Gasteiger partial charge is 0.493 e. The number of hydrogen-bond donors (Lipinski definition) is 0. The fourth-order valence-electron chi connectivity index (χ4n) is 3.24. The number of fused-ring (bicyclic) bond motifs is 1. The van der Waals surface area contributed by atoms with Crippen LogP contribution >= 0.6 is 15.9 Å². The van der Waals surface area contributed by atoms with Crippen molar-refractivity contribution in [3.63, 3.8) is 0 Å². The van der Waals surface area contributed by atoms with Crippen LogP contribution < -0.4 is 15.0 Å². The SMILES string of the molecule is C=CCc1cc(C=Nn2c(CC)nc3ccc(Br)cc3c2=O)cc(OC)c1OCC(=O)OC. The van der Waals surface area contributed by atoms with Gasteiger partial charge in [0.05, 0.1) is 31.3 Å². The second kappa shape index (κ2) is 10.9. The number of hydrogen-bond acceptors (Lipinski definition) is 7. The van der Waals surface area contributed by atoms with Gasteiger partial charge in [0.15, 0.2) is 18.1 Å². The molecule has 0 N–H and O–H groups in total. The zero-order chi connectivity index (χ0) is 24.0. The van der Waals surface area contributed by atoms with Gasteiger partial charge in [-0.25, -0.2) is 9.78 Å². The van der Waals surface area contributed by atoms with E-state index in [0.29, 0.717) is 46.6 Å². The number of allylic oxidation sites excluding steroid dienone is 1. The van der Waals surface area contributed by atoms with Crippen molar-refractivity contribution in [1.29, 1.82) is 0 Å². The van der Waals surface area contributed by atoms with Gasteiger partial charge in [0, 0.05) is 16.5 Å². The number of ether oxygens (including phenoxy) is 3. The van der Waals surface area contributed by atoms with Gasteiger partial charge in [-0.3, -0.25) is 4.79 Å². The zero-order valence-corrected chi connectivity index (χ0v) is 20.2. The first-order valence-corrected chi connectivity index (χ1v) is 11.0. The Bertz CT molecular complexity index is 1280. The van der Waals surface area contributed by atoms with Gasteiger partial charge in [0.1, 0.15) is 5.82 Å². The van der Waals surface area contributed by atoms with E-state index < -0.39 is 5.97 Å². The molecular formula is C24H24BrN3O5. The predicted molar refractivity (Wildman–Crippen MR) is 130 cm³/mol. The summed E-state index contributed by atoms with van der Waals surface area (Å²) >= 11 is 3.40. The lowest BCUT2D eigenvalue weighted by Gasteiger charge is -2.15. The van der Waals surface area contributed by atoms with Crippen molar-refractivity contribution in [3.05, 3.63) is 74.8 Å². The number of methoxy groups -OCH3 is 2. The van der Waals surface area contributed by atoms with E-state index in [4.69, 9.17) is 9.47 Å². The van der Waals surface area contributed by atoms with E-state index in [0.717, 1.165) is 10.0 Å². The molecule has 0 amide bonds. The maximum absolute atomic E-state index is 13.1. The highest BCUT2D eigenvalue weighted by atomic mass is 79.9. The summed E-state index contributed by atoms with van der Waals surface area (Å²) in [5.74, 6) is 0.878. The molecule has 0 bridgehead atoms. The molecule has 2 aromatic carbocycles. The minimum absolute atomic E-state index is 0.252. The number of esters is 1. The van der Waals surface area contributed by atoms with Crippen LogP contribution in [0, 0.1) is 0 Å². The number of aromatic nitrogens is 2. The highest BCUT2D eigenvalue weighted by molar-refractivity contribution is 9.10. The summed E-state index contributed by atoms with van der Waals surface area (Å²) in [4.78, 5) is 29.2. The third-order valence-corrected chi connectivity index (χ3v) is 5.31. The lowest BCUT2D eigenvalue weighted by molar-refractivity contribution is -0.142. The number of nitrogens with zero attached hydrogens (tertiary/aromatic N) is 3. The molecule has 3 aromatic rings. The fourth-order valence-corrected chi connectivity index (χ4v) is 3.60. The minimum atomic E-state index is -0.505. The van der Waals surface area contributed by atoms with Crippen LogP contribution in [0.25, 0.3) is 10.9 Å². The van der Waals surface area contributed by atoms with Crippen molar-refractivity contribution in [2.75, 3.05) is 20.8 Å². The van der Waals surface area contributed by atoms with Crippen LogP contribution in [0.3, 0.4) is 0 Å². The topological polar surface area (TPSA) is 92.0 Å². The Balaban J connectivity index is 2.06. The lowest BCUT2D eigenvalue weighted by atomic mass is 10.1. The normalized spacial score (nSPS) is 11.0. The zero-order valence-electron chi connectivity index (χ0n) is 18.6. The summed E-state index contributed by atoms with van der Waals surface area (Å²) in [7, 11) is 2.80. The van der Waals surface area contributed by atoms with Crippen LogP contribution in [0.15, 0.2) is 57.4 Å². The van der Waals surface area contributed by atoms with E-state index in [1.807, 2.05) is 19.1 Å². The van der Waals surface area contributed by atoms with Crippen molar-refractivity contribution < 1.29 is 19.0 Å². The quantitative estimate of drug-likeness (QED) is 0.245. The van der Waals surface area contributed by atoms with Gasteiger partial charge in [0.25, 0.3) is 5.56 Å². The van der Waals surface area contributed by atoms with Crippen molar-refractivity contribution in [3.8, 4) is 11.5 Å². The molecule has 33 heavy (non-hydrogen) atoms. The van der Waals surface area contributed by atoms with Gasteiger partial charge in [-0.05, 0) is 42.3 Å². The predicted octanol–water partition coefficient (Wildman–Crippen LogP) is 3.89. The molecule has 1 aromatic heterocycles. The highest BCUT2D eigenvalue weighted by Crippen LogP contribution is 2.33. The molecule has 8 nitrogen and oxygen atoms in total. The molecule has 0 atom stereocenters. The monoisotopic (exact) mass is 513 g/mol. The van der Waals surface area contributed by atoms with E-state index in [1.54, 1.807) is 30.5 Å². The van der Waals surface area contributed by atoms with Crippen molar-refractivity contribution in [2.45, 2.75) is 19.8 Å². The summed E-state index contributed by atoms with van der Waals surface area (Å²) in [6.45, 7) is 5.44. The Morgan fingerprint density at radius 3 is 2.73 bits per heavy atom. The molecule has 0 fully saturated rings. The smallest absolute Gasteiger partial charge is 0.343 e. The molecule has 0 radical (unpaired) electrons. The van der Waals surface area contributed by atoms with Crippen molar-refractivity contribution >= 4 is 39.0 Å². The number of benzene rings is 2. The van der Waals surface area contributed by atoms with Gasteiger partial charge < -0.3 is 14.2 Å². The Kier molecular flexibility index (Phi) is 8.00. The van der Waals surface area contributed by atoms with Crippen LogP contribution in [-0.2, 0) is 22.4 Å². The van der Waals surface area contributed by atoms with Crippen LogP contribution in [0.4, 0.5) is 0 Å². The summed E-state index contributed by atoms with van der Waals surface area (Å²) in [6, 6.07) is 8.92. The van der Waals surface area contributed by atoms with E-state index in [2.05, 4.69) is 37.3 Å². The molecule has 0 spiro atoms. The first-order valence-electron chi connectivity index (χ1n) is 10.2.